The summed E-state index contributed by atoms with van der Waals surface area (Å²) in [7, 11) is 0. The van der Waals surface area contributed by atoms with Gasteiger partial charge in [0, 0.05) is 44.0 Å². The fourth-order valence-corrected chi connectivity index (χ4v) is 4.11. The summed E-state index contributed by atoms with van der Waals surface area (Å²) in [6.07, 6.45) is 5.10. The molecule has 3 nitrogen and oxygen atoms in total. The average Bonchev–Trinajstić information content (AvgIpc) is 2.52. The van der Waals surface area contributed by atoms with E-state index in [9.17, 15) is 0 Å². The molecule has 1 atom stereocenters. The number of hydrogen-bond donors (Lipinski definition) is 1. The van der Waals surface area contributed by atoms with Crippen molar-refractivity contribution in [3.8, 4) is 0 Å². The van der Waals surface area contributed by atoms with Gasteiger partial charge in [0.1, 0.15) is 0 Å². The Labute approximate surface area is 135 Å². The maximum Gasteiger partial charge on any atom is 0.0396 e. The highest BCUT2D eigenvalue weighted by atomic mass is 15.3. The highest BCUT2D eigenvalue weighted by Gasteiger charge is 2.28. The fraction of sp³-hybridized carbons (Fsp3) is 0.684. The van der Waals surface area contributed by atoms with Crippen LogP contribution in [0.2, 0.25) is 0 Å². The molecule has 1 saturated carbocycles. The van der Waals surface area contributed by atoms with Gasteiger partial charge in [-0.2, -0.15) is 0 Å². The number of benzene rings is 1. The van der Waals surface area contributed by atoms with E-state index < -0.39 is 0 Å². The molecule has 0 spiro atoms. The largest absolute Gasteiger partial charge is 0.368 e. The van der Waals surface area contributed by atoms with Crippen molar-refractivity contribution < 1.29 is 0 Å². The lowest BCUT2D eigenvalue weighted by Gasteiger charge is -2.43. The van der Waals surface area contributed by atoms with Crippen LogP contribution in [0.1, 0.15) is 38.2 Å². The van der Waals surface area contributed by atoms with Crippen LogP contribution in [0.25, 0.3) is 0 Å². The summed E-state index contributed by atoms with van der Waals surface area (Å²) in [6, 6.07) is 9.88. The van der Waals surface area contributed by atoms with Crippen LogP contribution in [-0.2, 0) is 0 Å². The minimum atomic E-state index is 0.464. The molecule has 1 aliphatic carbocycles. The molecule has 2 aliphatic rings. The Morgan fingerprint density at radius 1 is 1.09 bits per heavy atom. The average molecular weight is 301 g/mol. The molecule has 0 radical (unpaired) electrons. The summed E-state index contributed by atoms with van der Waals surface area (Å²) in [5, 5.41) is 0. The van der Waals surface area contributed by atoms with Gasteiger partial charge in [-0.15, -0.1) is 0 Å². The first-order chi connectivity index (χ1) is 10.6. The van der Waals surface area contributed by atoms with Crippen LogP contribution in [-0.4, -0.2) is 43.2 Å². The molecule has 0 bridgehead atoms. The molecular formula is C19H31N3. The fourth-order valence-electron chi connectivity index (χ4n) is 4.11. The summed E-state index contributed by atoms with van der Waals surface area (Å²) < 4.78 is 0. The molecule has 1 aromatic carbocycles. The first-order valence-corrected chi connectivity index (χ1v) is 8.93. The second-order valence-electron chi connectivity index (χ2n) is 7.36. The van der Waals surface area contributed by atoms with Gasteiger partial charge in [0.25, 0.3) is 0 Å². The van der Waals surface area contributed by atoms with E-state index in [1.165, 1.54) is 50.0 Å². The van der Waals surface area contributed by atoms with E-state index in [1.54, 1.807) is 0 Å². The molecule has 1 saturated heterocycles. The summed E-state index contributed by atoms with van der Waals surface area (Å²) >= 11 is 0. The van der Waals surface area contributed by atoms with E-state index in [0.29, 0.717) is 12.1 Å². The molecule has 2 fully saturated rings. The molecule has 22 heavy (non-hydrogen) atoms. The Morgan fingerprint density at radius 2 is 1.82 bits per heavy atom. The maximum atomic E-state index is 6.03. The number of rotatable bonds is 3. The molecule has 1 aliphatic heterocycles. The Bertz CT molecular complexity index is 479. The third-order valence-corrected chi connectivity index (χ3v) is 5.61. The van der Waals surface area contributed by atoms with Crippen molar-refractivity contribution in [2.45, 2.75) is 51.6 Å². The van der Waals surface area contributed by atoms with E-state index in [1.807, 2.05) is 0 Å². The molecule has 0 aromatic heterocycles. The van der Waals surface area contributed by atoms with Crippen molar-refractivity contribution in [3.63, 3.8) is 0 Å². The molecule has 1 heterocycles. The Hall–Kier alpha value is -1.06. The van der Waals surface area contributed by atoms with Gasteiger partial charge in [0.05, 0.1) is 0 Å². The normalized spacial score (nSPS) is 30.5. The van der Waals surface area contributed by atoms with Gasteiger partial charge in [-0.3, -0.25) is 4.90 Å². The second-order valence-corrected chi connectivity index (χ2v) is 7.36. The zero-order chi connectivity index (χ0) is 15.5. The minimum Gasteiger partial charge on any atom is -0.368 e. The SMILES string of the molecule is Cc1ccccc1N1CCN(CC2CCC(N)CC2)[C@@H](C)C1. The van der Waals surface area contributed by atoms with Crippen LogP contribution >= 0.6 is 0 Å². The number of piperazine rings is 1. The molecular weight excluding hydrogens is 270 g/mol. The van der Waals surface area contributed by atoms with E-state index in [-0.39, 0.29) is 0 Å². The van der Waals surface area contributed by atoms with Crippen molar-refractivity contribution in [1.29, 1.82) is 0 Å². The molecule has 0 amide bonds. The van der Waals surface area contributed by atoms with Crippen LogP contribution in [0.4, 0.5) is 5.69 Å². The first kappa shape index (κ1) is 15.8. The number of para-hydroxylation sites is 1. The lowest BCUT2D eigenvalue weighted by atomic mass is 9.86. The summed E-state index contributed by atoms with van der Waals surface area (Å²) in [5.41, 5.74) is 8.84. The number of aryl methyl sites for hydroxylation is 1. The minimum absolute atomic E-state index is 0.464. The topological polar surface area (TPSA) is 32.5 Å². The van der Waals surface area contributed by atoms with Crippen molar-refractivity contribution in [1.82, 2.24) is 4.90 Å². The maximum absolute atomic E-state index is 6.03. The van der Waals surface area contributed by atoms with Gasteiger partial charge in [-0.1, -0.05) is 18.2 Å². The van der Waals surface area contributed by atoms with Crippen molar-refractivity contribution in [3.05, 3.63) is 29.8 Å². The Balaban J connectivity index is 1.55. The van der Waals surface area contributed by atoms with Crippen LogP contribution < -0.4 is 10.6 Å². The van der Waals surface area contributed by atoms with E-state index in [4.69, 9.17) is 5.73 Å². The third kappa shape index (κ3) is 3.64. The monoisotopic (exact) mass is 301 g/mol. The van der Waals surface area contributed by atoms with E-state index >= 15 is 0 Å². The first-order valence-electron chi connectivity index (χ1n) is 8.93. The Morgan fingerprint density at radius 3 is 2.50 bits per heavy atom. The Kier molecular flexibility index (Phi) is 5.04. The van der Waals surface area contributed by atoms with Gasteiger partial charge < -0.3 is 10.6 Å². The van der Waals surface area contributed by atoms with Gasteiger partial charge >= 0.3 is 0 Å². The van der Waals surface area contributed by atoms with Crippen molar-refractivity contribution >= 4 is 5.69 Å². The van der Waals surface area contributed by atoms with Crippen LogP contribution in [0.3, 0.4) is 0 Å². The summed E-state index contributed by atoms with van der Waals surface area (Å²) in [4.78, 5) is 5.27. The van der Waals surface area contributed by atoms with Gasteiger partial charge in [-0.05, 0) is 57.1 Å². The zero-order valence-electron chi connectivity index (χ0n) is 14.2. The molecule has 0 unspecified atom stereocenters. The number of hydrogen-bond acceptors (Lipinski definition) is 3. The summed E-state index contributed by atoms with van der Waals surface area (Å²) in [5.74, 6) is 0.868. The quantitative estimate of drug-likeness (QED) is 0.931. The smallest absolute Gasteiger partial charge is 0.0396 e. The number of nitrogens with zero attached hydrogens (tertiary/aromatic N) is 2. The molecule has 122 valence electrons. The molecule has 3 rings (SSSR count). The van der Waals surface area contributed by atoms with Crippen LogP contribution in [0.5, 0.6) is 0 Å². The van der Waals surface area contributed by atoms with Crippen LogP contribution in [0.15, 0.2) is 24.3 Å². The second kappa shape index (κ2) is 7.01. The molecule has 3 heteroatoms. The van der Waals surface area contributed by atoms with E-state index in [2.05, 4.69) is 47.9 Å². The van der Waals surface area contributed by atoms with Crippen molar-refractivity contribution in [2.75, 3.05) is 31.1 Å². The van der Waals surface area contributed by atoms with Crippen molar-refractivity contribution in [2.24, 2.45) is 11.7 Å². The van der Waals surface area contributed by atoms with Gasteiger partial charge in [0.15, 0.2) is 0 Å². The highest BCUT2D eigenvalue weighted by Crippen LogP contribution is 2.27. The van der Waals surface area contributed by atoms with Gasteiger partial charge in [-0.25, -0.2) is 0 Å². The van der Waals surface area contributed by atoms with Crippen LogP contribution in [0, 0.1) is 12.8 Å². The van der Waals surface area contributed by atoms with E-state index in [0.717, 1.165) is 19.0 Å². The number of anilines is 1. The lowest BCUT2D eigenvalue weighted by molar-refractivity contribution is 0.141. The zero-order valence-corrected chi connectivity index (χ0v) is 14.2. The summed E-state index contributed by atoms with van der Waals surface area (Å²) in [6.45, 7) is 9.38. The standard InChI is InChI=1S/C19H31N3/c1-15-5-3-4-6-19(15)22-12-11-21(16(2)13-22)14-17-7-9-18(20)10-8-17/h3-6,16-18H,7-14,20H2,1-2H3/t16-,17?,18?/m0/s1. The molecule has 1 aromatic rings. The predicted octanol–water partition coefficient (Wildman–Crippen LogP) is 3.02. The third-order valence-electron chi connectivity index (χ3n) is 5.61. The number of nitrogens with two attached hydrogens (primary N) is 1. The molecule has 2 N–H and O–H groups in total. The predicted molar refractivity (Wildman–Crippen MR) is 94.4 cm³/mol. The lowest BCUT2D eigenvalue weighted by Crippen LogP contribution is -2.53. The van der Waals surface area contributed by atoms with Gasteiger partial charge in [0.2, 0.25) is 0 Å². The highest BCUT2D eigenvalue weighted by molar-refractivity contribution is 5.53.